The van der Waals surface area contributed by atoms with E-state index in [1.165, 1.54) is 7.11 Å². The summed E-state index contributed by atoms with van der Waals surface area (Å²) in [4.78, 5) is 4.54. The first-order valence-electron chi connectivity index (χ1n) is 9.13. The second-order valence-corrected chi connectivity index (χ2v) is 7.04. The van der Waals surface area contributed by atoms with Gasteiger partial charge in [-0.15, -0.1) is 0 Å². The molecule has 1 unspecified atom stereocenters. The summed E-state index contributed by atoms with van der Waals surface area (Å²) in [6.45, 7) is 1.00. The Hall–Kier alpha value is -2.80. The first-order chi connectivity index (χ1) is 13.7. The molecule has 1 atom stereocenters. The molecule has 2 aromatic carbocycles. The molecule has 0 saturated heterocycles. The summed E-state index contributed by atoms with van der Waals surface area (Å²) >= 11 is 0. The van der Waals surface area contributed by atoms with Crippen molar-refractivity contribution in [2.45, 2.75) is 38.1 Å². The molecule has 1 N–H and O–H groups in total. The van der Waals surface area contributed by atoms with Gasteiger partial charge >= 0.3 is 6.18 Å². The van der Waals surface area contributed by atoms with E-state index in [2.05, 4.69) is 4.98 Å². The molecule has 3 aromatic rings. The van der Waals surface area contributed by atoms with E-state index in [0.717, 1.165) is 23.5 Å². The van der Waals surface area contributed by atoms with E-state index in [-0.39, 0.29) is 13.0 Å². The lowest BCUT2D eigenvalue weighted by Gasteiger charge is -2.26. The average molecular weight is 405 g/mol. The molecule has 0 aliphatic carbocycles. The van der Waals surface area contributed by atoms with Crippen LogP contribution in [-0.4, -0.2) is 29.0 Å². The van der Waals surface area contributed by atoms with Gasteiger partial charge in [-0.2, -0.15) is 13.2 Å². The van der Waals surface area contributed by atoms with E-state index in [9.17, 15) is 18.3 Å². The molecule has 1 heterocycles. The summed E-state index contributed by atoms with van der Waals surface area (Å²) in [5.41, 5.74) is -0.511. The summed E-state index contributed by atoms with van der Waals surface area (Å²) in [6, 6.07) is 16.5. The standard InChI is InChI=1S/C22H22F3NO3/c1-21(27,22(23,24)25)12-11-15-7-10-19(20(13-15)28-2)29-14-17-9-8-16-5-3-4-6-18(16)26-17/h3-10,13,27H,11-12,14H2,1-2H3. The minimum Gasteiger partial charge on any atom is -0.493 e. The largest absolute Gasteiger partial charge is 0.493 e. The number of methoxy groups -OCH3 is 1. The summed E-state index contributed by atoms with van der Waals surface area (Å²) in [6.07, 6.45) is -5.07. The van der Waals surface area contributed by atoms with Crippen LogP contribution < -0.4 is 9.47 Å². The molecule has 0 amide bonds. The van der Waals surface area contributed by atoms with E-state index >= 15 is 0 Å². The Morgan fingerprint density at radius 3 is 2.48 bits per heavy atom. The van der Waals surface area contributed by atoms with Crippen LogP contribution in [0.1, 0.15) is 24.6 Å². The average Bonchev–Trinajstić information content (AvgIpc) is 2.70. The van der Waals surface area contributed by atoms with Crippen molar-refractivity contribution >= 4 is 10.9 Å². The maximum absolute atomic E-state index is 12.8. The lowest BCUT2D eigenvalue weighted by molar-refractivity contribution is -0.254. The highest BCUT2D eigenvalue weighted by molar-refractivity contribution is 5.78. The zero-order valence-electron chi connectivity index (χ0n) is 16.2. The molecule has 0 radical (unpaired) electrons. The number of para-hydroxylation sites is 1. The number of hydrogen-bond acceptors (Lipinski definition) is 4. The van der Waals surface area contributed by atoms with Crippen LogP contribution >= 0.6 is 0 Å². The number of hydrogen-bond donors (Lipinski definition) is 1. The van der Waals surface area contributed by atoms with Gasteiger partial charge in [-0.05, 0) is 49.6 Å². The van der Waals surface area contributed by atoms with Crippen molar-refractivity contribution in [1.29, 1.82) is 0 Å². The van der Waals surface area contributed by atoms with E-state index < -0.39 is 18.2 Å². The van der Waals surface area contributed by atoms with Gasteiger partial charge in [0.1, 0.15) is 6.61 Å². The number of aliphatic hydroxyl groups is 1. The highest BCUT2D eigenvalue weighted by Gasteiger charge is 2.49. The number of aryl methyl sites for hydroxylation is 1. The quantitative estimate of drug-likeness (QED) is 0.596. The molecule has 3 rings (SSSR count). The second kappa shape index (κ2) is 8.29. The van der Waals surface area contributed by atoms with Crippen molar-refractivity contribution in [1.82, 2.24) is 4.98 Å². The molecule has 4 nitrogen and oxygen atoms in total. The summed E-state index contributed by atoms with van der Waals surface area (Å²) in [5, 5.41) is 10.6. The number of pyridine rings is 1. The van der Waals surface area contributed by atoms with Crippen molar-refractivity contribution < 1.29 is 27.8 Å². The van der Waals surface area contributed by atoms with Gasteiger partial charge in [-0.1, -0.05) is 30.3 Å². The Kier molecular flexibility index (Phi) is 5.98. The van der Waals surface area contributed by atoms with Crippen molar-refractivity contribution in [2.75, 3.05) is 7.11 Å². The number of aromatic nitrogens is 1. The minimum atomic E-state index is -4.67. The maximum atomic E-state index is 12.8. The van der Waals surface area contributed by atoms with Crippen molar-refractivity contribution in [2.24, 2.45) is 0 Å². The molecule has 29 heavy (non-hydrogen) atoms. The topological polar surface area (TPSA) is 51.6 Å². The number of benzene rings is 2. The molecule has 154 valence electrons. The van der Waals surface area contributed by atoms with Crippen LogP contribution in [-0.2, 0) is 13.0 Å². The fourth-order valence-corrected chi connectivity index (χ4v) is 2.86. The Morgan fingerprint density at radius 1 is 1.00 bits per heavy atom. The highest BCUT2D eigenvalue weighted by Crippen LogP contribution is 2.35. The molecule has 1 aromatic heterocycles. The van der Waals surface area contributed by atoms with Crippen LogP contribution in [0.4, 0.5) is 13.2 Å². The highest BCUT2D eigenvalue weighted by atomic mass is 19.4. The predicted molar refractivity (Wildman–Crippen MR) is 104 cm³/mol. The summed E-state index contributed by atoms with van der Waals surface area (Å²) in [7, 11) is 1.46. The number of halogens is 3. The zero-order valence-corrected chi connectivity index (χ0v) is 16.2. The van der Waals surface area contributed by atoms with Crippen LogP contribution in [0, 0.1) is 0 Å². The third kappa shape index (κ3) is 4.98. The first-order valence-corrected chi connectivity index (χ1v) is 9.13. The van der Waals surface area contributed by atoms with E-state index in [4.69, 9.17) is 9.47 Å². The van der Waals surface area contributed by atoms with E-state index in [1.807, 2.05) is 36.4 Å². The second-order valence-electron chi connectivity index (χ2n) is 7.04. The Morgan fingerprint density at radius 2 is 1.76 bits per heavy atom. The Labute approximate surface area is 166 Å². The fourth-order valence-electron chi connectivity index (χ4n) is 2.86. The lowest BCUT2D eigenvalue weighted by atomic mass is 9.96. The number of alkyl halides is 3. The zero-order chi connectivity index (χ0) is 21.1. The van der Waals surface area contributed by atoms with Crippen molar-refractivity contribution in [3.05, 3.63) is 65.9 Å². The smallest absolute Gasteiger partial charge is 0.416 e. The van der Waals surface area contributed by atoms with Gasteiger partial charge in [0.15, 0.2) is 17.1 Å². The van der Waals surface area contributed by atoms with Gasteiger partial charge in [0.2, 0.25) is 0 Å². The molecule has 0 bridgehead atoms. The molecular weight excluding hydrogens is 383 g/mol. The maximum Gasteiger partial charge on any atom is 0.416 e. The molecule has 0 aliphatic heterocycles. The molecule has 7 heteroatoms. The number of ether oxygens (including phenoxy) is 2. The molecule has 0 saturated carbocycles. The lowest BCUT2D eigenvalue weighted by Crippen LogP contribution is -2.42. The third-order valence-electron chi connectivity index (χ3n) is 4.77. The van der Waals surface area contributed by atoms with Crippen LogP contribution in [0.5, 0.6) is 11.5 Å². The predicted octanol–water partition coefficient (Wildman–Crippen LogP) is 5.07. The normalized spacial score (nSPS) is 13.9. The van der Waals surface area contributed by atoms with Gasteiger partial charge in [0.05, 0.1) is 18.3 Å². The minimum absolute atomic E-state index is 0.0510. The third-order valence-corrected chi connectivity index (χ3v) is 4.77. The van der Waals surface area contributed by atoms with Crippen LogP contribution in [0.3, 0.4) is 0 Å². The van der Waals surface area contributed by atoms with Gasteiger partial charge in [-0.25, -0.2) is 4.98 Å². The number of fused-ring (bicyclic) bond motifs is 1. The molecule has 0 spiro atoms. The first kappa shape index (κ1) is 20.9. The van der Waals surface area contributed by atoms with Gasteiger partial charge in [0.25, 0.3) is 0 Å². The summed E-state index contributed by atoms with van der Waals surface area (Å²) in [5.74, 6) is 0.878. The van der Waals surface area contributed by atoms with Gasteiger partial charge in [-0.3, -0.25) is 0 Å². The van der Waals surface area contributed by atoms with Crippen molar-refractivity contribution in [3.8, 4) is 11.5 Å². The number of rotatable bonds is 7. The number of nitrogens with zero attached hydrogens (tertiary/aromatic N) is 1. The molecular formula is C22H22F3NO3. The Bertz CT molecular complexity index is 986. The molecule has 0 fully saturated rings. The Balaban J connectivity index is 1.68. The molecule has 0 aliphatic rings. The van der Waals surface area contributed by atoms with Gasteiger partial charge < -0.3 is 14.6 Å². The monoisotopic (exact) mass is 405 g/mol. The van der Waals surface area contributed by atoms with Crippen LogP contribution in [0.25, 0.3) is 10.9 Å². The SMILES string of the molecule is COc1cc(CCC(C)(O)C(F)(F)F)ccc1OCc1ccc2ccccc2n1. The van der Waals surface area contributed by atoms with Gasteiger partial charge in [0, 0.05) is 5.39 Å². The van der Waals surface area contributed by atoms with E-state index in [0.29, 0.717) is 17.1 Å². The summed E-state index contributed by atoms with van der Waals surface area (Å²) < 4.78 is 49.5. The van der Waals surface area contributed by atoms with Crippen LogP contribution in [0.15, 0.2) is 54.6 Å². The van der Waals surface area contributed by atoms with Crippen LogP contribution in [0.2, 0.25) is 0 Å². The van der Waals surface area contributed by atoms with E-state index in [1.54, 1.807) is 18.2 Å². The fraction of sp³-hybridized carbons (Fsp3) is 0.318. The van der Waals surface area contributed by atoms with Crippen molar-refractivity contribution in [3.63, 3.8) is 0 Å².